The molecule has 1 aliphatic rings. The molecule has 0 unspecified atom stereocenters. The van der Waals surface area contributed by atoms with Crippen LogP contribution in [0.2, 0.25) is 0 Å². The molecule has 0 bridgehead atoms. The van der Waals surface area contributed by atoms with Crippen LogP contribution in [0.4, 0.5) is 0 Å². The lowest BCUT2D eigenvalue weighted by Gasteiger charge is -2.25. The van der Waals surface area contributed by atoms with Gasteiger partial charge < -0.3 is 0 Å². The van der Waals surface area contributed by atoms with Gasteiger partial charge in [-0.15, -0.1) is 0 Å². The van der Waals surface area contributed by atoms with Gasteiger partial charge in [0, 0.05) is 6.20 Å². The van der Waals surface area contributed by atoms with Crippen molar-refractivity contribution in [1.29, 1.82) is 0 Å². The van der Waals surface area contributed by atoms with Crippen molar-refractivity contribution in [2.45, 2.75) is 25.3 Å². The molecule has 1 heterocycles. The first-order valence-corrected chi connectivity index (χ1v) is 4.36. The standard InChI is InChI=1S/C8H12N4O/c9-11-8(13)6-4-10-12(5-6)7-2-1-3-7/h4-5,7H,1-3,9H2,(H,11,13). The second-order valence-electron chi connectivity index (χ2n) is 3.27. The summed E-state index contributed by atoms with van der Waals surface area (Å²) in [5.41, 5.74) is 2.60. The van der Waals surface area contributed by atoms with Gasteiger partial charge in [0.15, 0.2) is 0 Å². The molecule has 13 heavy (non-hydrogen) atoms. The Morgan fingerprint density at radius 2 is 2.46 bits per heavy atom. The lowest BCUT2D eigenvalue weighted by molar-refractivity contribution is 0.0953. The third-order valence-corrected chi connectivity index (χ3v) is 2.44. The Balaban J connectivity index is 2.12. The number of nitrogen functional groups attached to an aromatic ring is 1. The van der Waals surface area contributed by atoms with Crippen molar-refractivity contribution in [2.75, 3.05) is 0 Å². The van der Waals surface area contributed by atoms with E-state index >= 15 is 0 Å². The Kier molecular flexibility index (Phi) is 2.02. The van der Waals surface area contributed by atoms with E-state index in [2.05, 4.69) is 10.5 Å². The predicted octanol–water partition coefficient (Wildman–Crippen LogP) is 0.212. The van der Waals surface area contributed by atoms with Crippen LogP contribution in [-0.4, -0.2) is 15.7 Å². The smallest absolute Gasteiger partial charge is 0.268 e. The van der Waals surface area contributed by atoms with Gasteiger partial charge in [0.2, 0.25) is 0 Å². The molecule has 0 atom stereocenters. The first-order valence-electron chi connectivity index (χ1n) is 4.36. The molecule has 0 radical (unpaired) electrons. The molecule has 0 aliphatic heterocycles. The average Bonchev–Trinajstić information content (AvgIpc) is 2.49. The highest BCUT2D eigenvalue weighted by Crippen LogP contribution is 2.30. The molecule has 1 fully saturated rings. The maximum absolute atomic E-state index is 11.1. The number of nitrogens with zero attached hydrogens (tertiary/aromatic N) is 2. The van der Waals surface area contributed by atoms with Crippen molar-refractivity contribution >= 4 is 5.91 Å². The Morgan fingerprint density at radius 1 is 1.69 bits per heavy atom. The van der Waals surface area contributed by atoms with E-state index in [1.807, 2.05) is 4.68 Å². The van der Waals surface area contributed by atoms with Gasteiger partial charge in [-0.3, -0.25) is 14.9 Å². The number of rotatable bonds is 2. The molecule has 1 aliphatic carbocycles. The Hall–Kier alpha value is -1.36. The summed E-state index contributed by atoms with van der Waals surface area (Å²) in [6, 6.07) is 0.485. The molecular formula is C8H12N4O. The maximum Gasteiger partial charge on any atom is 0.268 e. The summed E-state index contributed by atoms with van der Waals surface area (Å²) in [6.45, 7) is 0. The van der Waals surface area contributed by atoms with Crippen molar-refractivity contribution < 1.29 is 4.79 Å². The molecule has 0 spiro atoms. The maximum atomic E-state index is 11.1. The number of aromatic nitrogens is 2. The van der Waals surface area contributed by atoms with Gasteiger partial charge in [-0.1, -0.05) is 0 Å². The highest BCUT2D eigenvalue weighted by Gasteiger charge is 2.20. The van der Waals surface area contributed by atoms with Crippen LogP contribution in [0, 0.1) is 0 Å². The summed E-state index contributed by atoms with van der Waals surface area (Å²) in [5, 5.41) is 4.11. The summed E-state index contributed by atoms with van der Waals surface area (Å²) in [5.74, 6) is 4.71. The first-order chi connectivity index (χ1) is 6.31. The van der Waals surface area contributed by atoms with Crippen molar-refractivity contribution in [3.05, 3.63) is 18.0 Å². The lowest BCUT2D eigenvalue weighted by atomic mass is 9.93. The van der Waals surface area contributed by atoms with Crippen LogP contribution in [0.25, 0.3) is 0 Å². The molecule has 1 aromatic rings. The fraction of sp³-hybridized carbons (Fsp3) is 0.500. The summed E-state index contributed by atoms with van der Waals surface area (Å²) in [7, 11) is 0. The van der Waals surface area contributed by atoms with E-state index in [0.717, 1.165) is 12.8 Å². The molecule has 5 heteroatoms. The van der Waals surface area contributed by atoms with Crippen molar-refractivity contribution in [3.63, 3.8) is 0 Å². The number of carbonyl (C=O) groups excluding carboxylic acids is 1. The van der Waals surface area contributed by atoms with Gasteiger partial charge in [0.25, 0.3) is 5.91 Å². The van der Waals surface area contributed by atoms with Gasteiger partial charge in [0.1, 0.15) is 0 Å². The van der Waals surface area contributed by atoms with E-state index in [4.69, 9.17) is 5.84 Å². The van der Waals surface area contributed by atoms with Crippen molar-refractivity contribution in [1.82, 2.24) is 15.2 Å². The lowest BCUT2D eigenvalue weighted by Crippen LogP contribution is -2.29. The number of nitrogens with two attached hydrogens (primary N) is 1. The molecule has 3 N–H and O–H groups in total. The highest BCUT2D eigenvalue weighted by molar-refractivity contribution is 5.93. The molecule has 1 saturated carbocycles. The van der Waals surface area contributed by atoms with E-state index in [1.165, 1.54) is 6.42 Å². The minimum Gasteiger partial charge on any atom is -0.290 e. The number of nitrogens with one attached hydrogen (secondary N) is 1. The number of hydrogen-bond acceptors (Lipinski definition) is 3. The van der Waals surface area contributed by atoms with Crippen LogP contribution in [0.5, 0.6) is 0 Å². The molecule has 2 rings (SSSR count). The summed E-state index contributed by atoms with van der Waals surface area (Å²) >= 11 is 0. The van der Waals surface area contributed by atoms with Crippen LogP contribution >= 0.6 is 0 Å². The predicted molar refractivity (Wildman–Crippen MR) is 46.8 cm³/mol. The molecule has 70 valence electrons. The summed E-state index contributed by atoms with van der Waals surface area (Å²) in [6.07, 6.45) is 6.85. The highest BCUT2D eigenvalue weighted by atomic mass is 16.2. The van der Waals surface area contributed by atoms with Crippen LogP contribution in [0.3, 0.4) is 0 Å². The van der Waals surface area contributed by atoms with Gasteiger partial charge in [-0.25, -0.2) is 5.84 Å². The topological polar surface area (TPSA) is 72.9 Å². The number of amides is 1. The van der Waals surface area contributed by atoms with Gasteiger partial charge >= 0.3 is 0 Å². The third kappa shape index (κ3) is 1.42. The first kappa shape index (κ1) is 8.25. The third-order valence-electron chi connectivity index (χ3n) is 2.44. The number of hydrogen-bond donors (Lipinski definition) is 2. The molecule has 0 aromatic carbocycles. The van der Waals surface area contributed by atoms with E-state index in [0.29, 0.717) is 11.6 Å². The van der Waals surface area contributed by atoms with Crippen molar-refractivity contribution in [3.8, 4) is 0 Å². The quantitative estimate of drug-likeness (QED) is 0.388. The average molecular weight is 180 g/mol. The largest absolute Gasteiger partial charge is 0.290 e. The zero-order chi connectivity index (χ0) is 9.26. The van der Waals surface area contributed by atoms with Gasteiger partial charge in [0.05, 0.1) is 17.8 Å². The molecule has 1 amide bonds. The molecular weight excluding hydrogens is 168 g/mol. The van der Waals surface area contributed by atoms with E-state index in [1.54, 1.807) is 12.4 Å². The van der Waals surface area contributed by atoms with E-state index in [-0.39, 0.29) is 5.91 Å². The monoisotopic (exact) mass is 180 g/mol. The van der Waals surface area contributed by atoms with Gasteiger partial charge in [-0.2, -0.15) is 5.10 Å². The minimum atomic E-state index is -0.287. The Bertz CT molecular complexity index is 316. The van der Waals surface area contributed by atoms with Crippen molar-refractivity contribution in [2.24, 2.45) is 5.84 Å². The zero-order valence-electron chi connectivity index (χ0n) is 7.23. The fourth-order valence-electron chi connectivity index (χ4n) is 1.39. The van der Waals surface area contributed by atoms with Crippen LogP contribution in [0.1, 0.15) is 35.7 Å². The Morgan fingerprint density at radius 3 is 3.00 bits per heavy atom. The number of carbonyl (C=O) groups is 1. The van der Waals surface area contributed by atoms with Crippen LogP contribution in [0.15, 0.2) is 12.4 Å². The second-order valence-corrected chi connectivity index (χ2v) is 3.27. The Labute approximate surface area is 75.9 Å². The number of hydrazine groups is 1. The van der Waals surface area contributed by atoms with Crippen LogP contribution in [-0.2, 0) is 0 Å². The van der Waals surface area contributed by atoms with Gasteiger partial charge in [-0.05, 0) is 19.3 Å². The molecule has 0 saturated heterocycles. The van der Waals surface area contributed by atoms with E-state index < -0.39 is 0 Å². The SMILES string of the molecule is NNC(=O)c1cnn(C2CCC2)c1. The molecule has 1 aromatic heterocycles. The zero-order valence-corrected chi connectivity index (χ0v) is 7.23. The summed E-state index contributed by atoms with van der Waals surface area (Å²) < 4.78 is 1.84. The minimum absolute atomic E-state index is 0.287. The van der Waals surface area contributed by atoms with E-state index in [9.17, 15) is 4.79 Å². The second kappa shape index (κ2) is 3.18. The van der Waals surface area contributed by atoms with Crippen LogP contribution < -0.4 is 11.3 Å². The fourth-order valence-corrected chi connectivity index (χ4v) is 1.39. The normalized spacial score (nSPS) is 16.7. The molecule has 5 nitrogen and oxygen atoms in total. The summed E-state index contributed by atoms with van der Waals surface area (Å²) in [4.78, 5) is 11.1.